The highest BCUT2D eigenvalue weighted by molar-refractivity contribution is 7.89. The van der Waals surface area contributed by atoms with Crippen LogP contribution in [0.2, 0.25) is 5.02 Å². The van der Waals surface area contributed by atoms with Crippen LogP contribution in [0, 0.1) is 6.92 Å². The van der Waals surface area contributed by atoms with Crippen LogP contribution in [0.1, 0.15) is 11.1 Å². The van der Waals surface area contributed by atoms with Crippen LogP contribution in [-0.4, -0.2) is 34.5 Å². The minimum Gasteiger partial charge on any atom is -0.496 e. The van der Waals surface area contributed by atoms with Crippen molar-refractivity contribution in [3.8, 4) is 5.75 Å². The Hall–Kier alpha value is -2.09. The zero-order valence-electron chi connectivity index (χ0n) is 14.6. The van der Waals surface area contributed by atoms with Crippen molar-refractivity contribution in [1.29, 1.82) is 0 Å². The number of rotatable bonds is 8. The van der Waals surface area contributed by atoms with Crippen molar-refractivity contribution in [3.63, 3.8) is 0 Å². The Morgan fingerprint density at radius 2 is 1.96 bits per heavy atom. The van der Waals surface area contributed by atoms with E-state index in [4.69, 9.17) is 16.3 Å². The van der Waals surface area contributed by atoms with Gasteiger partial charge in [-0.2, -0.15) is 0 Å². The van der Waals surface area contributed by atoms with E-state index in [9.17, 15) is 13.2 Å². The van der Waals surface area contributed by atoms with Crippen LogP contribution >= 0.6 is 11.6 Å². The molecule has 0 aromatic heterocycles. The van der Waals surface area contributed by atoms with E-state index in [1.54, 1.807) is 19.1 Å². The molecule has 2 rings (SSSR count). The molecule has 1 amide bonds. The number of halogens is 1. The lowest BCUT2D eigenvalue weighted by atomic mass is 10.1. The molecule has 0 fully saturated rings. The molecule has 0 unspecified atom stereocenters. The Labute approximate surface area is 158 Å². The van der Waals surface area contributed by atoms with E-state index in [-0.39, 0.29) is 11.4 Å². The molecule has 140 valence electrons. The maximum Gasteiger partial charge on any atom is 0.241 e. The van der Waals surface area contributed by atoms with Gasteiger partial charge in [0, 0.05) is 11.6 Å². The Morgan fingerprint density at radius 3 is 2.62 bits per heavy atom. The summed E-state index contributed by atoms with van der Waals surface area (Å²) in [7, 11) is -2.25. The average molecular weight is 397 g/mol. The molecule has 6 nitrogen and oxygen atoms in total. The van der Waals surface area contributed by atoms with Crippen molar-refractivity contribution >= 4 is 27.5 Å². The van der Waals surface area contributed by atoms with Crippen LogP contribution in [0.3, 0.4) is 0 Å². The molecule has 0 saturated carbocycles. The Morgan fingerprint density at radius 1 is 1.19 bits per heavy atom. The van der Waals surface area contributed by atoms with Gasteiger partial charge in [0.05, 0.1) is 18.6 Å². The number of sulfonamides is 1. The number of amides is 1. The molecule has 26 heavy (non-hydrogen) atoms. The highest BCUT2D eigenvalue weighted by atomic mass is 35.5. The number of methoxy groups -OCH3 is 1. The molecule has 0 heterocycles. The van der Waals surface area contributed by atoms with Crippen LogP contribution < -0.4 is 14.8 Å². The first-order valence-corrected chi connectivity index (χ1v) is 9.83. The van der Waals surface area contributed by atoms with Gasteiger partial charge in [0.1, 0.15) is 5.75 Å². The smallest absolute Gasteiger partial charge is 0.241 e. The van der Waals surface area contributed by atoms with Crippen molar-refractivity contribution in [2.24, 2.45) is 0 Å². The molecule has 0 bridgehead atoms. The lowest BCUT2D eigenvalue weighted by Gasteiger charge is -2.10. The quantitative estimate of drug-likeness (QED) is 0.717. The van der Waals surface area contributed by atoms with Gasteiger partial charge in [-0.1, -0.05) is 23.7 Å². The van der Waals surface area contributed by atoms with Gasteiger partial charge in [0.2, 0.25) is 15.9 Å². The fraction of sp³-hybridized carbons (Fsp3) is 0.278. The average Bonchev–Trinajstić information content (AvgIpc) is 2.60. The summed E-state index contributed by atoms with van der Waals surface area (Å²) in [5, 5.41) is 3.31. The summed E-state index contributed by atoms with van der Waals surface area (Å²) >= 11 is 5.90. The van der Waals surface area contributed by atoms with Crippen molar-refractivity contribution in [1.82, 2.24) is 10.0 Å². The molecule has 0 spiro atoms. The van der Waals surface area contributed by atoms with E-state index in [1.165, 1.54) is 19.2 Å². The summed E-state index contributed by atoms with van der Waals surface area (Å²) in [5.74, 6) is 0.198. The molecule has 0 aliphatic carbocycles. The Balaban J connectivity index is 1.84. The van der Waals surface area contributed by atoms with Crippen molar-refractivity contribution < 1.29 is 17.9 Å². The maximum absolute atomic E-state index is 12.3. The summed E-state index contributed by atoms with van der Waals surface area (Å²) in [6.07, 6.45) is 0.608. The third kappa shape index (κ3) is 5.72. The molecule has 0 aliphatic heterocycles. The van der Waals surface area contributed by atoms with Gasteiger partial charge in [-0.3, -0.25) is 4.79 Å². The number of carbonyl (C=O) groups is 1. The van der Waals surface area contributed by atoms with Crippen molar-refractivity contribution in [3.05, 3.63) is 58.6 Å². The van der Waals surface area contributed by atoms with Gasteiger partial charge in [-0.05, 0) is 54.8 Å². The molecular formula is C18H21ClN2O4S. The molecule has 2 N–H and O–H groups in total. The molecule has 0 aliphatic rings. The third-order valence-corrected chi connectivity index (χ3v) is 5.36. The maximum atomic E-state index is 12.3. The largest absolute Gasteiger partial charge is 0.496 e. The van der Waals surface area contributed by atoms with Crippen LogP contribution in [0.15, 0.2) is 47.4 Å². The van der Waals surface area contributed by atoms with E-state index < -0.39 is 15.9 Å². The highest BCUT2D eigenvalue weighted by Crippen LogP contribution is 2.21. The van der Waals surface area contributed by atoms with E-state index in [1.807, 2.05) is 18.2 Å². The Bertz CT molecular complexity index is 885. The highest BCUT2D eigenvalue weighted by Gasteiger charge is 2.16. The first kappa shape index (κ1) is 20.2. The van der Waals surface area contributed by atoms with Crippen LogP contribution in [0.4, 0.5) is 0 Å². The van der Waals surface area contributed by atoms with E-state index in [0.29, 0.717) is 29.3 Å². The molecule has 2 aromatic carbocycles. The second-order valence-electron chi connectivity index (χ2n) is 5.69. The zero-order valence-corrected chi connectivity index (χ0v) is 16.2. The SMILES string of the molecule is COc1ccc(S(=O)(=O)NCC(=O)NCCc2cccc(Cl)c2)cc1C. The van der Waals surface area contributed by atoms with Gasteiger partial charge < -0.3 is 10.1 Å². The number of hydrogen-bond donors (Lipinski definition) is 2. The molecular weight excluding hydrogens is 376 g/mol. The number of ether oxygens (including phenoxy) is 1. The van der Waals surface area contributed by atoms with Crippen LogP contribution in [0.25, 0.3) is 0 Å². The van der Waals surface area contributed by atoms with Gasteiger partial charge in [0.15, 0.2) is 0 Å². The van der Waals surface area contributed by atoms with Crippen molar-refractivity contribution in [2.45, 2.75) is 18.2 Å². The lowest BCUT2D eigenvalue weighted by molar-refractivity contribution is -0.119. The molecule has 0 saturated heterocycles. The predicted molar refractivity (Wildman–Crippen MR) is 101 cm³/mol. The van der Waals surface area contributed by atoms with Gasteiger partial charge in [-0.15, -0.1) is 0 Å². The van der Waals surface area contributed by atoms with E-state index in [2.05, 4.69) is 10.0 Å². The normalized spacial score (nSPS) is 11.2. The van der Waals surface area contributed by atoms with Crippen LogP contribution in [-0.2, 0) is 21.2 Å². The lowest BCUT2D eigenvalue weighted by Crippen LogP contribution is -2.37. The molecule has 0 radical (unpaired) electrons. The molecule has 2 aromatic rings. The minimum atomic E-state index is -3.77. The first-order valence-electron chi connectivity index (χ1n) is 7.97. The summed E-state index contributed by atoms with van der Waals surface area (Å²) in [6, 6.07) is 11.9. The zero-order chi connectivity index (χ0) is 19.2. The fourth-order valence-electron chi connectivity index (χ4n) is 2.36. The van der Waals surface area contributed by atoms with Crippen molar-refractivity contribution in [2.75, 3.05) is 20.2 Å². The topological polar surface area (TPSA) is 84.5 Å². The number of nitrogens with one attached hydrogen (secondary N) is 2. The minimum absolute atomic E-state index is 0.0857. The number of hydrogen-bond acceptors (Lipinski definition) is 4. The third-order valence-electron chi connectivity index (χ3n) is 3.72. The first-order chi connectivity index (χ1) is 12.3. The predicted octanol–water partition coefficient (Wildman–Crippen LogP) is 2.29. The Kier molecular flexibility index (Phi) is 7.02. The summed E-state index contributed by atoms with van der Waals surface area (Å²) in [5.41, 5.74) is 1.69. The van der Waals surface area contributed by atoms with E-state index >= 15 is 0 Å². The number of carbonyl (C=O) groups excluding carboxylic acids is 1. The second-order valence-corrected chi connectivity index (χ2v) is 7.89. The standard InChI is InChI=1S/C18H21ClN2O4S/c1-13-10-16(6-7-17(13)25-2)26(23,24)21-12-18(22)20-9-8-14-4-3-5-15(19)11-14/h3-7,10-11,21H,8-9,12H2,1-2H3,(H,20,22). The van der Waals surface area contributed by atoms with Crippen LogP contribution in [0.5, 0.6) is 5.75 Å². The summed E-state index contributed by atoms with van der Waals surface area (Å²) < 4.78 is 32.0. The van der Waals surface area contributed by atoms with Gasteiger partial charge in [-0.25, -0.2) is 13.1 Å². The monoisotopic (exact) mass is 396 g/mol. The molecule has 0 atom stereocenters. The fourth-order valence-corrected chi connectivity index (χ4v) is 3.64. The summed E-state index contributed by atoms with van der Waals surface area (Å²) in [6.45, 7) is 1.81. The molecule has 8 heteroatoms. The summed E-state index contributed by atoms with van der Waals surface area (Å²) in [4.78, 5) is 11.9. The van der Waals surface area contributed by atoms with E-state index in [0.717, 1.165) is 5.56 Å². The van der Waals surface area contributed by atoms with Gasteiger partial charge in [0.25, 0.3) is 0 Å². The second kappa shape index (κ2) is 9.02. The number of aryl methyl sites for hydroxylation is 1. The number of benzene rings is 2. The van der Waals surface area contributed by atoms with Gasteiger partial charge >= 0.3 is 0 Å².